The maximum absolute atomic E-state index is 13.0. The van der Waals surface area contributed by atoms with E-state index in [0.29, 0.717) is 16.3 Å². The minimum Gasteiger partial charge on any atom is -0.345 e. The van der Waals surface area contributed by atoms with E-state index in [9.17, 15) is 18.0 Å². The van der Waals surface area contributed by atoms with E-state index in [1.807, 2.05) is 25.3 Å². The number of hydrogen-bond acceptors (Lipinski definition) is 3. The Kier molecular flexibility index (Phi) is 5.10. The highest BCUT2D eigenvalue weighted by molar-refractivity contribution is 7.12. The highest BCUT2D eigenvalue weighted by atomic mass is 32.1. The minimum atomic E-state index is -4.42. The van der Waals surface area contributed by atoms with Gasteiger partial charge in [-0.05, 0) is 56.0 Å². The molecule has 0 bridgehead atoms. The van der Waals surface area contributed by atoms with Crippen LogP contribution in [-0.4, -0.2) is 15.7 Å². The molecule has 2 aromatic heterocycles. The molecule has 1 atom stereocenters. The molecule has 2 heterocycles. The van der Waals surface area contributed by atoms with Gasteiger partial charge in [-0.2, -0.15) is 18.3 Å². The van der Waals surface area contributed by atoms with Crippen molar-refractivity contribution >= 4 is 17.2 Å². The predicted molar refractivity (Wildman–Crippen MR) is 98.2 cm³/mol. The average Bonchev–Trinajstić information content (AvgIpc) is 3.20. The van der Waals surface area contributed by atoms with Crippen LogP contribution in [0.2, 0.25) is 0 Å². The van der Waals surface area contributed by atoms with E-state index in [1.54, 1.807) is 19.2 Å². The van der Waals surface area contributed by atoms with Gasteiger partial charge in [0, 0.05) is 11.3 Å². The van der Waals surface area contributed by atoms with Gasteiger partial charge in [0.1, 0.15) is 0 Å². The van der Waals surface area contributed by atoms with E-state index in [0.717, 1.165) is 23.3 Å². The van der Waals surface area contributed by atoms with Gasteiger partial charge in [-0.1, -0.05) is 6.07 Å². The van der Waals surface area contributed by atoms with Crippen molar-refractivity contribution in [3.8, 4) is 5.69 Å². The molecule has 0 aliphatic rings. The second-order valence-electron chi connectivity index (χ2n) is 6.27. The van der Waals surface area contributed by atoms with Crippen LogP contribution < -0.4 is 5.32 Å². The molecule has 142 valence electrons. The zero-order chi connectivity index (χ0) is 19.8. The molecule has 0 aliphatic carbocycles. The van der Waals surface area contributed by atoms with Gasteiger partial charge in [-0.15, -0.1) is 11.3 Å². The summed E-state index contributed by atoms with van der Waals surface area (Å²) in [6.07, 6.45) is -2.85. The number of nitrogens with one attached hydrogen (secondary N) is 1. The number of hydrogen-bond donors (Lipinski definition) is 1. The summed E-state index contributed by atoms with van der Waals surface area (Å²) in [5, 5.41) is 8.99. The summed E-state index contributed by atoms with van der Waals surface area (Å²) in [5.74, 6) is -0.179. The van der Waals surface area contributed by atoms with Crippen molar-refractivity contribution in [3.63, 3.8) is 0 Å². The van der Waals surface area contributed by atoms with Crippen molar-refractivity contribution in [2.24, 2.45) is 0 Å². The van der Waals surface area contributed by atoms with Crippen molar-refractivity contribution in [2.75, 3.05) is 0 Å². The van der Waals surface area contributed by atoms with E-state index < -0.39 is 11.7 Å². The molecule has 3 rings (SSSR count). The number of halogens is 3. The number of rotatable bonds is 4. The number of carbonyl (C=O) groups is 1. The first kappa shape index (κ1) is 19.2. The van der Waals surface area contributed by atoms with Crippen LogP contribution in [0.3, 0.4) is 0 Å². The van der Waals surface area contributed by atoms with Gasteiger partial charge in [0.05, 0.1) is 28.4 Å². The standard InChI is InChI=1S/C19H18F3N3OS/c1-11-7-8-27-17(11)18(26)24-12(2)16-10-23-25(13(16)3)15-6-4-5-14(9-15)19(20,21)22/h4-10,12H,1-3H3,(H,24,26). The third kappa shape index (κ3) is 3.90. The van der Waals surface area contributed by atoms with Gasteiger partial charge in [0.2, 0.25) is 0 Å². The normalized spacial score (nSPS) is 12.8. The molecular formula is C19H18F3N3OS. The molecule has 27 heavy (non-hydrogen) atoms. The first-order valence-corrected chi connectivity index (χ1v) is 9.13. The number of alkyl halides is 3. The van der Waals surface area contributed by atoms with E-state index in [2.05, 4.69) is 10.4 Å². The number of carbonyl (C=O) groups excluding carboxylic acids is 1. The Labute approximate surface area is 158 Å². The first-order chi connectivity index (χ1) is 12.7. The summed E-state index contributed by atoms with van der Waals surface area (Å²) in [5.41, 5.74) is 1.91. The van der Waals surface area contributed by atoms with E-state index in [1.165, 1.54) is 22.1 Å². The summed E-state index contributed by atoms with van der Waals surface area (Å²) in [6, 6.07) is 6.54. The Bertz CT molecular complexity index is 975. The van der Waals surface area contributed by atoms with Crippen LogP contribution in [-0.2, 0) is 6.18 Å². The third-order valence-corrected chi connectivity index (χ3v) is 5.36. The topological polar surface area (TPSA) is 46.9 Å². The lowest BCUT2D eigenvalue weighted by atomic mass is 10.1. The summed E-state index contributed by atoms with van der Waals surface area (Å²) in [4.78, 5) is 13.0. The summed E-state index contributed by atoms with van der Waals surface area (Å²) in [7, 11) is 0. The zero-order valence-corrected chi connectivity index (χ0v) is 15.8. The number of aromatic nitrogens is 2. The number of nitrogens with zero attached hydrogens (tertiary/aromatic N) is 2. The first-order valence-electron chi connectivity index (χ1n) is 8.25. The van der Waals surface area contributed by atoms with E-state index in [4.69, 9.17) is 0 Å². The van der Waals surface area contributed by atoms with Gasteiger partial charge in [-0.3, -0.25) is 4.79 Å². The molecule has 4 nitrogen and oxygen atoms in total. The summed E-state index contributed by atoms with van der Waals surface area (Å²) < 4.78 is 40.3. The second-order valence-corrected chi connectivity index (χ2v) is 7.19. The summed E-state index contributed by atoms with van der Waals surface area (Å²) >= 11 is 1.37. The molecule has 0 radical (unpaired) electrons. The van der Waals surface area contributed by atoms with Crippen LogP contribution in [0.1, 0.15) is 45.0 Å². The third-order valence-electron chi connectivity index (χ3n) is 4.35. The number of thiophene rings is 1. The maximum atomic E-state index is 13.0. The van der Waals surface area contributed by atoms with Crippen molar-refractivity contribution in [3.05, 3.63) is 69.2 Å². The zero-order valence-electron chi connectivity index (χ0n) is 15.0. The molecule has 1 unspecified atom stereocenters. The lowest BCUT2D eigenvalue weighted by molar-refractivity contribution is -0.137. The molecule has 0 fully saturated rings. The number of benzene rings is 1. The van der Waals surface area contributed by atoms with Gasteiger partial charge in [0.15, 0.2) is 0 Å². The molecule has 1 aromatic carbocycles. The monoisotopic (exact) mass is 393 g/mol. The average molecular weight is 393 g/mol. The Morgan fingerprint density at radius 2 is 2.00 bits per heavy atom. The fraction of sp³-hybridized carbons (Fsp3) is 0.263. The quantitative estimate of drug-likeness (QED) is 0.673. The molecule has 0 saturated heterocycles. The lowest BCUT2D eigenvalue weighted by Gasteiger charge is -2.14. The Morgan fingerprint density at radius 3 is 2.63 bits per heavy atom. The lowest BCUT2D eigenvalue weighted by Crippen LogP contribution is -2.26. The molecule has 8 heteroatoms. The van der Waals surface area contributed by atoms with Crippen LogP contribution in [0.4, 0.5) is 13.2 Å². The Balaban J connectivity index is 1.85. The predicted octanol–water partition coefficient (Wildman–Crippen LogP) is 5.06. The van der Waals surface area contributed by atoms with Crippen LogP contribution in [0.5, 0.6) is 0 Å². The smallest absolute Gasteiger partial charge is 0.345 e. The minimum absolute atomic E-state index is 0.179. The largest absolute Gasteiger partial charge is 0.416 e. The van der Waals surface area contributed by atoms with Gasteiger partial charge in [0.25, 0.3) is 5.91 Å². The van der Waals surface area contributed by atoms with Crippen molar-refractivity contribution in [1.82, 2.24) is 15.1 Å². The van der Waals surface area contributed by atoms with E-state index >= 15 is 0 Å². The van der Waals surface area contributed by atoms with Crippen LogP contribution in [0.25, 0.3) is 5.69 Å². The van der Waals surface area contributed by atoms with Gasteiger partial charge in [-0.25, -0.2) is 4.68 Å². The molecule has 3 aromatic rings. The molecule has 0 saturated carbocycles. The highest BCUT2D eigenvalue weighted by Crippen LogP contribution is 2.31. The number of amides is 1. The van der Waals surface area contributed by atoms with E-state index in [-0.39, 0.29) is 11.9 Å². The van der Waals surface area contributed by atoms with Crippen LogP contribution in [0.15, 0.2) is 41.9 Å². The Hall–Kier alpha value is -2.61. The van der Waals surface area contributed by atoms with Crippen molar-refractivity contribution < 1.29 is 18.0 Å². The molecule has 0 aliphatic heterocycles. The van der Waals surface area contributed by atoms with Crippen molar-refractivity contribution in [2.45, 2.75) is 33.0 Å². The molecule has 0 spiro atoms. The number of aryl methyl sites for hydroxylation is 1. The fourth-order valence-electron chi connectivity index (χ4n) is 2.87. The fourth-order valence-corrected chi connectivity index (χ4v) is 3.70. The highest BCUT2D eigenvalue weighted by Gasteiger charge is 2.30. The van der Waals surface area contributed by atoms with Crippen molar-refractivity contribution in [1.29, 1.82) is 0 Å². The SMILES string of the molecule is Cc1ccsc1C(=O)NC(C)c1cnn(-c2cccc(C(F)(F)F)c2)c1C. The van der Waals surface area contributed by atoms with Crippen LogP contribution >= 0.6 is 11.3 Å². The van der Waals surface area contributed by atoms with Crippen LogP contribution in [0, 0.1) is 13.8 Å². The van der Waals surface area contributed by atoms with Gasteiger partial charge >= 0.3 is 6.18 Å². The maximum Gasteiger partial charge on any atom is 0.416 e. The Morgan fingerprint density at radius 1 is 1.26 bits per heavy atom. The summed E-state index contributed by atoms with van der Waals surface area (Å²) in [6.45, 7) is 5.45. The molecular weight excluding hydrogens is 375 g/mol. The molecule has 1 N–H and O–H groups in total. The molecule has 1 amide bonds. The van der Waals surface area contributed by atoms with Gasteiger partial charge < -0.3 is 5.32 Å². The second kappa shape index (κ2) is 7.19.